The summed E-state index contributed by atoms with van der Waals surface area (Å²) in [5.41, 5.74) is 0.454. The van der Waals surface area contributed by atoms with Gasteiger partial charge in [-0.1, -0.05) is 6.92 Å². The summed E-state index contributed by atoms with van der Waals surface area (Å²) in [4.78, 5) is 2.59. The molecule has 0 aromatic carbocycles. The number of hydrogen-bond donors (Lipinski definition) is 1. The highest BCUT2D eigenvalue weighted by molar-refractivity contribution is 4.87. The minimum absolute atomic E-state index is 0.454. The fraction of sp³-hybridized carbons (Fsp3) is 1.00. The SMILES string of the molecule is CCNCCN1CCCC1(C)C. The van der Waals surface area contributed by atoms with Crippen molar-refractivity contribution in [1.29, 1.82) is 0 Å². The van der Waals surface area contributed by atoms with Crippen LogP contribution in [0.2, 0.25) is 0 Å². The van der Waals surface area contributed by atoms with E-state index in [1.807, 2.05) is 0 Å². The number of rotatable bonds is 4. The van der Waals surface area contributed by atoms with E-state index in [-0.39, 0.29) is 0 Å². The highest BCUT2D eigenvalue weighted by atomic mass is 15.2. The van der Waals surface area contributed by atoms with E-state index in [0.29, 0.717) is 5.54 Å². The molecule has 2 heteroatoms. The molecule has 0 aromatic rings. The summed E-state index contributed by atoms with van der Waals surface area (Å²) in [6.45, 7) is 11.6. The second kappa shape index (κ2) is 4.24. The van der Waals surface area contributed by atoms with E-state index in [4.69, 9.17) is 0 Å². The third-order valence-electron chi connectivity index (χ3n) is 2.88. The molecule has 1 N–H and O–H groups in total. The van der Waals surface area contributed by atoms with E-state index in [1.54, 1.807) is 0 Å². The van der Waals surface area contributed by atoms with Crippen LogP contribution >= 0.6 is 0 Å². The maximum Gasteiger partial charge on any atom is 0.0154 e. The quantitative estimate of drug-likeness (QED) is 0.643. The third kappa shape index (κ3) is 2.46. The number of nitrogens with one attached hydrogen (secondary N) is 1. The number of likely N-dealkylation sites (tertiary alicyclic amines) is 1. The van der Waals surface area contributed by atoms with Crippen LogP contribution in [0.3, 0.4) is 0 Å². The molecule has 0 saturated carbocycles. The topological polar surface area (TPSA) is 15.3 Å². The molecule has 0 unspecified atom stereocenters. The highest BCUT2D eigenvalue weighted by Gasteiger charge is 2.30. The van der Waals surface area contributed by atoms with Gasteiger partial charge in [-0.05, 0) is 39.8 Å². The van der Waals surface area contributed by atoms with Gasteiger partial charge >= 0.3 is 0 Å². The van der Waals surface area contributed by atoms with Crippen LogP contribution in [0.1, 0.15) is 33.6 Å². The smallest absolute Gasteiger partial charge is 0.0154 e. The van der Waals surface area contributed by atoms with E-state index >= 15 is 0 Å². The fourth-order valence-electron chi connectivity index (χ4n) is 1.97. The van der Waals surface area contributed by atoms with Crippen molar-refractivity contribution in [1.82, 2.24) is 10.2 Å². The Bertz CT molecular complexity index is 132. The van der Waals surface area contributed by atoms with Gasteiger partial charge in [0, 0.05) is 18.6 Å². The van der Waals surface area contributed by atoms with Gasteiger partial charge in [-0.3, -0.25) is 4.90 Å². The molecule has 0 bridgehead atoms. The lowest BCUT2D eigenvalue weighted by Crippen LogP contribution is -2.41. The monoisotopic (exact) mass is 170 g/mol. The average molecular weight is 170 g/mol. The van der Waals surface area contributed by atoms with Crippen molar-refractivity contribution in [2.45, 2.75) is 39.2 Å². The molecule has 0 aliphatic carbocycles. The first-order valence-electron chi connectivity index (χ1n) is 5.12. The Morgan fingerprint density at radius 2 is 2.17 bits per heavy atom. The molecule has 0 atom stereocenters. The number of hydrogen-bond acceptors (Lipinski definition) is 2. The van der Waals surface area contributed by atoms with E-state index in [2.05, 4.69) is 31.0 Å². The lowest BCUT2D eigenvalue weighted by molar-refractivity contribution is 0.176. The minimum atomic E-state index is 0.454. The standard InChI is InChI=1S/C10H22N2/c1-4-11-7-9-12-8-5-6-10(12,2)3/h11H,4-9H2,1-3H3. The predicted octanol–water partition coefficient (Wildman–Crippen LogP) is 1.47. The molecular weight excluding hydrogens is 148 g/mol. The van der Waals surface area contributed by atoms with E-state index < -0.39 is 0 Å². The summed E-state index contributed by atoms with van der Waals surface area (Å²) < 4.78 is 0. The molecule has 0 aromatic heterocycles. The molecule has 0 amide bonds. The van der Waals surface area contributed by atoms with E-state index in [0.717, 1.165) is 13.1 Å². The van der Waals surface area contributed by atoms with Gasteiger partial charge in [0.1, 0.15) is 0 Å². The Morgan fingerprint density at radius 3 is 2.67 bits per heavy atom. The zero-order valence-corrected chi connectivity index (χ0v) is 8.69. The predicted molar refractivity (Wildman–Crippen MR) is 53.4 cm³/mol. The average Bonchev–Trinajstić information content (AvgIpc) is 2.32. The van der Waals surface area contributed by atoms with E-state index in [1.165, 1.54) is 25.9 Å². The summed E-state index contributed by atoms with van der Waals surface area (Å²) in [5.74, 6) is 0. The molecule has 1 saturated heterocycles. The van der Waals surface area contributed by atoms with Crippen LogP contribution in [0.15, 0.2) is 0 Å². The zero-order chi connectivity index (χ0) is 9.03. The molecule has 1 rings (SSSR count). The Balaban J connectivity index is 2.22. The van der Waals surface area contributed by atoms with Crippen LogP contribution in [0.4, 0.5) is 0 Å². The van der Waals surface area contributed by atoms with Gasteiger partial charge in [0.05, 0.1) is 0 Å². The largest absolute Gasteiger partial charge is 0.316 e. The molecule has 0 radical (unpaired) electrons. The van der Waals surface area contributed by atoms with Crippen LogP contribution in [-0.4, -0.2) is 36.6 Å². The second-order valence-electron chi connectivity index (χ2n) is 4.26. The molecule has 12 heavy (non-hydrogen) atoms. The van der Waals surface area contributed by atoms with Crippen LogP contribution in [0, 0.1) is 0 Å². The van der Waals surface area contributed by atoms with Gasteiger partial charge < -0.3 is 5.32 Å². The molecule has 2 nitrogen and oxygen atoms in total. The summed E-state index contributed by atoms with van der Waals surface area (Å²) in [5, 5.41) is 3.37. The van der Waals surface area contributed by atoms with Crippen molar-refractivity contribution in [2.24, 2.45) is 0 Å². The van der Waals surface area contributed by atoms with Gasteiger partial charge in [0.2, 0.25) is 0 Å². The Labute approximate surface area is 76.3 Å². The summed E-state index contributed by atoms with van der Waals surface area (Å²) in [6, 6.07) is 0. The first-order valence-corrected chi connectivity index (χ1v) is 5.12. The van der Waals surface area contributed by atoms with Crippen molar-refractivity contribution in [3.8, 4) is 0 Å². The molecule has 1 aliphatic rings. The normalized spacial score (nSPS) is 23.2. The maximum atomic E-state index is 3.37. The van der Waals surface area contributed by atoms with Gasteiger partial charge in [-0.15, -0.1) is 0 Å². The van der Waals surface area contributed by atoms with Gasteiger partial charge in [0.15, 0.2) is 0 Å². The first-order chi connectivity index (χ1) is 5.67. The number of nitrogens with zero attached hydrogens (tertiary/aromatic N) is 1. The van der Waals surface area contributed by atoms with Crippen molar-refractivity contribution >= 4 is 0 Å². The highest BCUT2D eigenvalue weighted by Crippen LogP contribution is 2.27. The summed E-state index contributed by atoms with van der Waals surface area (Å²) in [7, 11) is 0. The van der Waals surface area contributed by atoms with Crippen molar-refractivity contribution in [3.63, 3.8) is 0 Å². The molecule has 0 spiro atoms. The maximum absolute atomic E-state index is 3.37. The Hall–Kier alpha value is -0.0800. The minimum Gasteiger partial charge on any atom is -0.316 e. The van der Waals surface area contributed by atoms with Crippen LogP contribution in [0.25, 0.3) is 0 Å². The zero-order valence-electron chi connectivity index (χ0n) is 8.69. The lowest BCUT2D eigenvalue weighted by Gasteiger charge is -2.31. The molecule has 72 valence electrons. The number of likely N-dealkylation sites (N-methyl/N-ethyl adjacent to an activating group) is 1. The van der Waals surface area contributed by atoms with Crippen molar-refractivity contribution < 1.29 is 0 Å². The van der Waals surface area contributed by atoms with Crippen LogP contribution in [-0.2, 0) is 0 Å². The fourth-order valence-corrected chi connectivity index (χ4v) is 1.97. The van der Waals surface area contributed by atoms with E-state index in [9.17, 15) is 0 Å². The first kappa shape index (κ1) is 10.0. The molecular formula is C10H22N2. The van der Waals surface area contributed by atoms with Crippen molar-refractivity contribution in [3.05, 3.63) is 0 Å². The molecule has 1 heterocycles. The Morgan fingerprint density at radius 1 is 1.42 bits per heavy atom. The summed E-state index contributed by atoms with van der Waals surface area (Å²) >= 11 is 0. The van der Waals surface area contributed by atoms with Crippen LogP contribution in [0.5, 0.6) is 0 Å². The van der Waals surface area contributed by atoms with Gasteiger partial charge in [-0.2, -0.15) is 0 Å². The third-order valence-corrected chi connectivity index (χ3v) is 2.88. The Kier molecular flexibility index (Phi) is 3.53. The van der Waals surface area contributed by atoms with Crippen LogP contribution < -0.4 is 5.32 Å². The lowest BCUT2D eigenvalue weighted by atomic mass is 10.0. The van der Waals surface area contributed by atoms with Gasteiger partial charge in [0.25, 0.3) is 0 Å². The summed E-state index contributed by atoms with van der Waals surface area (Å²) in [6.07, 6.45) is 2.73. The van der Waals surface area contributed by atoms with Gasteiger partial charge in [-0.25, -0.2) is 0 Å². The molecule has 1 fully saturated rings. The molecule has 1 aliphatic heterocycles. The van der Waals surface area contributed by atoms with Crippen molar-refractivity contribution in [2.75, 3.05) is 26.2 Å². The second-order valence-corrected chi connectivity index (χ2v) is 4.26.